The summed E-state index contributed by atoms with van der Waals surface area (Å²) in [6.07, 6.45) is 3.06. The van der Waals surface area contributed by atoms with Crippen LogP contribution in [0.2, 0.25) is 5.02 Å². The molecule has 1 aliphatic carbocycles. The summed E-state index contributed by atoms with van der Waals surface area (Å²) in [6, 6.07) is 3.34. The number of aliphatic hydroxyl groups is 1. The topological polar surface area (TPSA) is 57.6 Å². The summed E-state index contributed by atoms with van der Waals surface area (Å²) >= 11 is 5.66. The summed E-state index contributed by atoms with van der Waals surface area (Å²) < 4.78 is 39.6. The summed E-state index contributed by atoms with van der Waals surface area (Å²) in [6.45, 7) is 0.150. The van der Waals surface area contributed by atoms with Crippen LogP contribution in [0.25, 0.3) is 0 Å². The molecule has 0 unspecified atom stereocenters. The second kappa shape index (κ2) is 6.60. The first-order valence-electron chi connectivity index (χ1n) is 6.90. The lowest BCUT2D eigenvalue weighted by Gasteiger charge is -2.33. The summed E-state index contributed by atoms with van der Waals surface area (Å²) in [5, 5.41) is 8.93. The Morgan fingerprint density at radius 1 is 1.33 bits per heavy atom. The van der Waals surface area contributed by atoms with Gasteiger partial charge in [0.25, 0.3) is 0 Å². The minimum absolute atomic E-state index is 0.000631. The monoisotopic (exact) mass is 335 g/mol. The van der Waals surface area contributed by atoms with Gasteiger partial charge in [0.15, 0.2) is 0 Å². The van der Waals surface area contributed by atoms with E-state index >= 15 is 0 Å². The van der Waals surface area contributed by atoms with Gasteiger partial charge in [-0.2, -0.15) is 4.31 Å². The Morgan fingerprint density at radius 3 is 2.48 bits per heavy atom. The van der Waals surface area contributed by atoms with Gasteiger partial charge in [-0.3, -0.25) is 0 Å². The van der Waals surface area contributed by atoms with Crippen LogP contribution in [-0.4, -0.2) is 37.5 Å². The van der Waals surface area contributed by atoms with Crippen molar-refractivity contribution < 1.29 is 17.9 Å². The SMILES string of the molecule is CN(C1CCC(CO)CC1)S(=O)(=O)c1ccc(F)c(Cl)c1. The van der Waals surface area contributed by atoms with E-state index in [4.69, 9.17) is 16.7 Å². The predicted molar refractivity (Wildman–Crippen MR) is 79.2 cm³/mol. The molecule has 0 saturated heterocycles. The fraction of sp³-hybridized carbons (Fsp3) is 0.571. The van der Waals surface area contributed by atoms with Crippen molar-refractivity contribution in [3.63, 3.8) is 0 Å². The zero-order chi connectivity index (χ0) is 15.6. The maximum absolute atomic E-state index is 13.2. The molecule has 1 aliphatic rings. The van der Waals surface area contributed by atoms with Crippen LogP contribution in [0.4, 0.5) is 4.39 Å². The molecule has 21 heavy (non-hydrogen) atoms. The smallest absolute Gasteiger partial charge is 0.243 e. The molecule has 118 valence electrons. The lowest BCUT2D eigenvalue weighted by Crippen LogP contribution is -2.39. The highest BCUT2D eigenvalue weighted by atomic mass is 35.5. The number of sulfonamides is 1. The molecular formula is C14H19ClFNO3S. The van der Waals surface area contributed by atoms with Crippen LogP contribution < -0.4 is 0 Å². The molecule has 1 saturated carbocycles. The van der Waals surface area contributed by atoms with Crippen molar-refractivity contribution in [2.45, 2.75) is 36.6 Å². The van der Waals surface area contributed by atoms with E-state index in [0.717, 1.165) is 37.8 Å². The molecule has 1 aromatic carbocycles. The minimum atomic E-state index is -3.68. The van der Waals surface area contributed by atoms with Gasteiger partial charge in [0, 0.05) is 19.7 Å². The van der Waals surface area contributed by atoms with Crippen molar-refractivity contribution in [2.24, 2.45) is 5.92 Å². The Bertz CT molecular complexity index is 600. The van der Waals surface area contributed by atoms with Crippen LogP contribution in [0.3, 0.4) is 0 Å². The second-order valence-corrected chi connectivity index (χ2v) is 7.86. The van der Waals surface area contributed by atoms with Gasteiger partial charge in [-0.1, -0.05) is 11.6 Å². The van der Waals surface area contributed by atoms with Crippen molar-refractivity contribution >= 4 is 21.6 Å². The zero-order valence-electron chi connectivity index (χ0n) is 11.8. The minimum Gasteiger partial charge on any atom is -0.396 e. The van der Waals surface area contributed by atoms with Crippen molar-refractivity contribution in [3.05, 3.63) is 29.0 Å². The van der Waals surface area contributed by atoms with Crippen LogP contribution in [0.1, 0.15) is 25.7 Å². The van der Waals surface area contributed by atoms with E-state index < -0.39 is 15.8 Å². The van der Waals surface area contributed by atoms with Gasteiger partial charge < -0.3 is 5.11 Å². The average molecular weight is 336 g/mol. The van der Waals surface area contributed by atoms with Crippen LogP contribution in [0.5, 0.6) is 0 Å². The largest absolute Gasteiger partial charge is 0.396 e. The maximum atomic E-state index is 13.2. The van der Waals surface area contributed by atoms with E-state index in [-0.39, 0.29) is 28.5 Å². The third-order valence-corrected chi connectivity index (χ3v) is 6.35. The molecule has 0 radical (unpaired) electrons. The van der Waals surface area contributed by atoms with Gasteiger partial charge in [-0.05, 0) is 49.8 Å². The average Bonchev–Trinajstić information content (AvgIpc) is 2.49. The van der Waals surface area contributed by atoms with Gasteiger partial charge in [0.2, 0.25) is 10.0 Å². The molecule has 0 aliphatic heterocycles. The molecule has 0 aromatic heterocycles. The molecule has 2 rings (SSSR count). The van der Waals surface area contributed by atoms with E-state index in [1.54, 1.807) is 0 Å². The molecule has 7 heteroatoms. The molecule has 0 atom stereocenters. The molecule has 4 nitrogen and oxygen atoms in total. The molecule has 0 bridgehead atoms. The van der Waals surface area contributed by atoms with E-state index in [9.17, 15) is 12.8 Å². The summed E-state index contributed by atoms with van der Waals surface area (Å²) in [5.74, 6) is -0.376. The first-order valence-corrected chi connectivity index (χ1v) is 8.72. The van der Waals surface area contributed by atoms with Gasteiger partial charge in [0.05, 0.1) is 9.92 Å². The second-order valence-electron chi connectivity index (χ2n) is 5.45. The van der Waals surface area contributed by atoms with Crippen molar-refractivity contribution in [1.82, 2.24) is 4.31 Å². The van der Waals surface area contributed by atoms with Gasteiger partial charge in [0.1, 0.15) is 5.82 Å². The number of rotatable bonds is 4. The highest BCUT2D eigenvalue weighted by Crippen LogP contribution is 2.30. The first kappa shape index (κ1) is 16.7. The molecule has 1 aromatic rings. The molecule has 1 N–H and O–H groups in total. The van der Waals surface area contributed by atoms with E-state index in [1.807, 2.05) is 0 Å². The van der Waals surface area contributed by atoms with E-state index in [2.05, 4.69) is 0 Å². The van der Waals surface area contributed by atoms with E-state index in [1.165, 1.54) is 17.4 Å². The molecule has 0 spiro atoms. The third kappa shape index (κ3) is 3.56. The Hall–Kier alpha value is -0.690. The number of halogens is 2. The van der Waals surface area contributed by atoms with Crippen molar-refractivity contribution in [2.75, 3.05) is 13.7 Å². The maximum Gasteiger partial charge on any atom is 0.243 e. The highest BCUT2D eigenvalue weighted by Gasteiger charge is 2.31. The standard InChI is InChI=1S/C14H19ClFNO3S/c1-17(11-4-2-10(9-18)3-5-11)21(19,20)12-6-7-14(16)13(15)8-12/h6-8,10-11,18H,2-5,9H2,1H3. The van der Waals surface area contributed by atoms with E-state index in [0.29, 0.717) is 0 Å². The highest BCUT2D eigenvalue weighted by molar-refractivity contribution is 7.89. The van der Waals surface area contributed by atoms with Crippen LogP contribution in [0.15, 0.2) is 23.1 Å². The lowest BCUT2D eigenvalue weighted by molar-refractivity contribution is 0.159. The summed E-state index contributed by atoms with van der Waals surface area (Å²) in [5.41, 5.74) is 0. The van der Waals surface area contributed by atoms with Crippen LogP contribution in [-0.2, 0) is 10.0 Å². The fourth-order valence-corrected chi connectivity index (χ4v) is 4.38. The van der Waals surface area contributed by atoms with Crippen LogP contribution >= 0.6 is 11.6 Å². The molecular weight excluding hydrogens is 317 g/mol. The summed E-state index contributed by atoms with van der Waals surface area (Å²) in [4.78, 5) is 0.000631. The number of nitrogens with zero attached hydrogens (tertiary/aromatic N) is 1. The first-order chi connectivity index (χ1) is 9.86. The lowest BCUT2D eigenvalue weighted by atomic mass is 9.87. The number of hydrogen-bond acceptors (Lipinski definition) is 3. The Kier molecular flexibility index (Phi) is 5.24. The molecule has 1 fully saturated rings. The predicted octanol–water partition coefficient (Wildman–Crippen LogP) is 2.65. The van der Waals surface area contributed by atoms with Gasteiger partial charge >= 0.3 is 0 Å². The Balaban J connectivity index is 2.17. The zero-order valence-corrected chi connectivity index (χ0v) is 13.4. The fourth-order valence-electron chi connectivity index (χ4n) is 2.69. The molecule has 0 amide bonds. The third-order valence-electron chi connectivity index (χ3n) is 4.16. The quantitative estimate of drug-likeness (QED) is 0.920. The number of hydrogen-bond donors (Lipinski definition) is 1. The Morgan fingerprint density at radius 2 is 1.95 bits per heavy atom. The van der Waals surface area contributed by atoms with Gasteiger partial charge in [-0.15, -0.1) is 0 Å². The van der Waals surface area contributed by atoms with Crippen molar-refractivity contribution in [3.8, 4) is 0 Å². The summed E-state index contributed by atoms with van der Waals surface area (Å²) in [7, 11) is -2.14. The van der Waals surface area contributed by atoms with Gasteiger partial charge in [-0.25, -0.2) is 12.8 Å². The number of aliphatic hydroxyl groups excluding tert-OH is 1. The number of benzene rings is 1. The van der Waals surface area contributed by atoms with Crippen molar-refractivity contribution in [1.29, 1.82) is 0 Å². The Labute approximate surface area is 129 Å². The normalized spacial score (nSPS) is 23.5. The molecule has 0 heterocycles. The van der Waals surface area contributed by atoms with Crippen LogP contribution in [0, 0.1) is 11.7 Å².